The number of likely N-dealkylation sites (tertiary alicyclic amines) is 1. The molecule has 0 radical (unpaired) electrons. The van der Waals surface area contributed by atoms with E-state index in [9.17, 15) is 14.4 Å². The zero-order valence-corrected chi connectivity index (χ0v) is 12.1. The minimum atomic E-state index is -1.05. The monoisotopic (exact) mass is 300 g/mol. The number of carboxylic acids is 1. The lowest BCUT2D eigenvalue weighted by atomic mass is 10.2. The van der Waals surface area contributed by atoms with Crippen molar-refractivity contribution in [3.05, 3.63) is 20.7 Å². The van der Waals surface area contributed by atoms with E-state index in [4.69, 9.17) is 9.84 Å². The topological polar surface area (TPSA) is 88.8 Å². The Labute approximate surface area is 119 Å². The first-order valence-corrected chi connectivity index (χ1v) is 7.02. The maximum atomic E-state index is 12.2. The third kappa shape index (κ3) is 2.75. The molecule has 1 aliphatic heterocycles. The first-order chi connectivity index (χ1) is 9.43. The highest BCUT2D eigenvalue weighted by molar-refractivity contribution is 7.07. The number of carboxylic acid groups (broad SMARTS) is 1. The predicted molar refractivity (Wildman–Crippen MR) is 71.9 cm³/mol. The minimum Gasteiger partial charge on any atom is -0.480 e. The van der Waals surface area contributed by atoms with Crippen molar-refractivity contribution in [2.45, 2.75) is 32.0 Å². The lowest BCUT2D eigenvalue weighted by Crippen LogP contribution is -2.43. The number of aliphatic carboxylic acids is 1. The van der Waals surface area contributed by atoms with Crippen LogP contribution in [-0.2, 0) is 20.9 Å². The molecule has 0 bridgehead atoms. The number of methoxy groups -OCH3 is 1. The average Bonchev–Trinajstić information content (AvgIpc) is 2.97. The molecule has 2 atom stereocenters. The maximum absolute atomic E-state index is 12.2. The molecule has 8 heteroatoms. The molecule has 1 saturated heterocycles. The number of aryl methyl sites for hydroxylation is 1. The van der Waals surface area contributed by atoms with Crippen LogP contribution in [0, 0.1) is 6.92 Å². The highest BCUT2D eigenvalue weighted by Crippen LogP contribution is 2.21. The lowest BCUT2D eigenvalue weighted by Gasteiger charge is -2.21. The Balaban J connectivity index is 2.15. The summed E-state index contributed by atoms with van der Waals surface area (Å²) >= 11 is 1.02. The Morgan fingerprint density at radius 2 is 2.25 bits per heavy atom. The number of ether oxygens (including phenoxy) is 1. The van der Waals surface area contributed by atoms with Gasteiger partial charge in [0.05, 0.1) is 6.10 Å². The fourth-order valence-electron chi connectivity index (χ4n) is 2.30. The Hall–Kier alpha value is -1.67. The van der Waals surface area contributed by atoms with Crippen molar-refractivity contribution in [1.29, 1.82) is 0 Å². The second kappa shape index (κ2) is 5.76. The molecule has 1 aromatic rings. The van der Waals surface area contributed by atoms with Gasteiger partial charge >= 0.3 is 10.8 Å². The maximum Gasteiger partial charge on any atom is 0.326 e. The fourth-order valence-corrected chi connectivity index (χ4v) is 3.03. The van der Waals surface area contributed by atoms with Gasteiger partial charge in [0.2, 0.25) is 5.91 Å². The SMILES string of the molecule is COC1CC(C(=O)O)N(C(=O)Cn2c(C)csc2=O)C1. The number of rotatable bonds is 4. The van der Waals surface area contributed by atoms with Crippen LogP contribution in [0.1, 0.15) is 12.1 Å². The van der Waals surface area contributed by atoms with E-state index in [1.165, 1.54) is 16.6 Å². The van der Waals surface area contributed by atoms with Gasteiger partial charge < -0.3 is 14.7 Å². The van der Waals surface area contributed by atoms with Crippen LogP contribution >= 0.6 is 11.3 Å². The highest BCUT2D eigenvalue weighted by Gasteiger charge is 2.39. The van der Waals surface area contributed by atoms with Crippen LogP contribution < -0.4 is 4.87 Å². The molecule has 110 valence electrons. The summed E-state index contributed by atoms with van der Waals surface area (Å²) in [6.07, 6.45) is -0.00455. The second-order valence-electron chi connectivity index (χ2n) is 4.72. The van der Waals surface area contributed by atoms with Gasteiger partial charge in [0.25, 0.3) is 0 Å². The standard InChI is InChI=1S/C12H16N2O5S/c1-7-6-20-12(18)13(7)5-10(15)14-4-8(19-2)3-9(14)11(16)17/h6,8-9H,3-5H2,1-2H3,(H,16,17). The van der Waals surface area contributed by atoms with Gasteiger partial charge in [-0.05, 0) is 6.92 Å². The van der Waals surface area contributed by atoms with E-state index in [0.717, 1.165) is 11.3 Å². The number of thiazole rings is 1. The Kier molecular flexibility index (Phi) is 4.24. The highest BCUT2D eigenvalue weighted by atomic mass is 32.1. The van der Waals surface area contributed by atoms with Gasteiger partial charge in [0.15, 0.2) is 0 Å². The molecular weight excluding hydrogens is 284 g/mol. The molecule has 0 saturated carbocycles. The number of carbonyl (C=O) groups excluding carboxylic acids is 1. The Morgan fingerprint density at radius 3 is 2.75 bits per heavy atom. The molecule has 1 aliphatic rings. The zero-order chi connectivity index (χ0) is 14.9. The Morgan fingerprint density at radius 1 is 1.55 bits per heavy atom. The number of carbonyl (C=O) groups is 2. The van der Waals surface area contributed by atoms with Gasteiger partial charge in [0.1, 0.15) is 12.6 Å². The van der Waals surface area contributed by atoms with E-state index >= 15 is 0 Å². The normalized spacial score (nSPS) is 22.2. The molecule has 2 rings (SSSR count). The molecule has 1 aromatic heterocycles. The molecule has 1 amide bonds. The summed E-state index contributed by atoms with van der Waals surface area (Å²) in [6, 6.07) is -0.887. The summed E-state index contributed by atoms with van der Waals surface area (Å²) in [5.41, 5.74) is 0.697. The largest absolute Gasteiger partial charge is 0.480 e. The first kappa shape index (κ1) is 14.7. The molecule has 2 heterocycles. The van der Waals surface area contributed by atoms with Crippen molar-refractivity contribution >= 4 is 23.2 Å². The molecule has 20 heavy (non-hydrogen) atoms. The molecule has 0 aliphatic carbocycles. The van der Waals surface area contributed by atoms with E-state index < -0.39 is 12.0 Å². The van der Waals surface area contributed by atoms with E-state index in [1.807, 2.05) is 0 Å². The molecule has 7 nitrogen and oxygen atoms in total. The fraction of sp³-hybridized carbons (Fsp3) is 0.583. The van der Waals surface area contributed by atoms with E-state index in [-0.39, 0.29) is 36.4 Å². The van der Waals surface area contributed by atoms with E-state index in [2.05, 4.69) is 0 Å². The van der Waals surface area contributed by atoms with Crippen LogP contribution in [0.4, 0.5) is 0 Å². The summed E-state index contributed by atoms with van der Waals surface area (Å²) in [6.45, 7) is 1.85. The van der Waals surface area contributed by atoms with Crippen LogP contribution in [0.25, 0.3) is 0 Å². The zero-order valence-electron chi connectivity index (χ0n) is 11.2. The van der Waals surface area contributed by atoms with Crippen LogP contribution in [0.3, 0.4) is 0 Å². The molecule has 0 spiro atoms. The summed E-state index contributed by atoms with van der Waals surface area (Å²) < 4.78 is 6.48. The van der Waals surface area contributed by atoms with Crippen molar-refractivity contribution in [2.24, 2.45) is 0 Å². The lowest BCUT2D eigenvalue weighted by molar-refractivity contribution is -0.148. The van der Waals surface area contributed by atoms with E-state index in [1.54, 1.807) is 12.3 Å². The van der Waals surface area contributed by atoms with Gasteiger partial charge in [-0.15, -0.1) is 0 Å². The van der Waals surface area contributed by atoms with Crippen molar-refractivity contribution in [3.63, 3.8) is 0 Å². The third-order valence-corrected chi connectivity index (χ3v) is 4.35. The van der Waals surface area contributed by atoms with Gasteiger partial charge in [-0.25, -0.2) is 4.79 Å². The molecule has 1 fully saturated rings. The number of aromatic nitrogens is 1. The van der Waals surface area contributed by atoms with Gasteiger partial charge in [-0.1, -0.05) is 11.3 Å². The molecular formula is C12H16N2O5S. The van der Waals surface area contributed by atoms with Crippen molar-refractivity contribution in [2.75, 3.05) is 13.7 Å². The molecule has 0 aromatic carbocycles. The van der Waals surface area contributed by atoms with Crippen molar-refractivity contribution in [1.82, 2.24) is 9.47 Å². The van der Waals surface area contributed by atoms with Crippen molar-refractivity contribution < 1.29 is 19.4 Å². The van der Waals surface area contributed by atoms with Gasteiger partial charge in [-0.2, -0.15) is 0 Å². The predicted octanol–water partition coefficient (Wildman–Crippen LogP) is -0.0813. The van der Waals surface area contributed by atoms with Crippen LogP contribution in [0.2, 0.25) is 0 Å². The molecule has 2 unspecified atom stereocenters. The number of nitrogens with zero attached hydrogens (tertiary/aromatic N) is 2. The van der Waals surface area contributed by atoms with Crippen LogP contribution in [0.15, 0.2) is 10.2 Å². The van der Waals surface area contributed by atoms with Crippen LogP contribution in [0.5, 0.6) is 0 Å². The quantitative estimate of drug-likeness (QED) is 0.840. The number of hydrogen-bond donors (Lipinski definition) is 1. The van der Waals surface area contributed by atoms with Gasteiger partial charge in [-0.3, -0.25) is 14.2 Å². The van der Waals surface area contributed by atoms with Crippen molar-refractivity contribution in [3.8, 4) is 0 Å². The number of hydrogen-bond acceptors (Lipinski definition) is 5. The minimum absolute atomic E-state index is 0.131. The van der Waals surface area contributed by atoms with Gasteiger partial charge in [0, 0.05) is 31.1 Å². The summed E-state index contributed by atoms with van der Waals surface area (Å²) in [4.78, 5) is 36.1. The smallest absolute Gasteiger partial charge is 0.326 e. The Bertz CT molecular complexity index is 579. The summed E-state index contributed by atoms with van der Waals surface area (Å²) in [7, 11) is 1.49. The average molecular weight is 300 g/mol. The summed E-state index contributed by atoms with van der Waals surface area (Å²) in [5.74, 6) is -1.42. The number of amides is 1. The van der Waals surface area contributed by atoms with Crippen LogP contribution in [-0.4, -0.2) is 52.3 Å². The summed E-state index contributed by atoms with van der Waals surface area (Å²) in [5, 5.41) is 10.8. The van der Waals surface area contributed by atoms with E-state index in [0.29, 0.717) is 5.69 Å². The first-order valence-electron chi connectivity index (χ1n) is 6.14. The second-order valence-corrected chi connectivity index (χ2v) is 5.54. The third-order valence-electron chi connectivity index (χ3n) is 3.47. The molecule has 1 N–H and O–H groups in total.